The van der Waals surface area contributed by atoms with Crippen molar-refractivity contribution in [1.29, 1.82) is 0 Å². The average molecular weight is 1620 g/mol. The van der Waals surface area contributed by atoms with Crippen molar-refractivity contribution in [3.8, 4) is 45.0 Å². The summed E-state index contributed by atoms with van der Waals surface area (Å²) in [5.74, 6) is 0. The van der Waals surface area contributed by atoms with Gasteiger partial charge in [0.15, 0.2) is 11.2 Å². The Hall–Kier alpha value is -13.8. The monoisotopic (exact) mass is 1620 g/mol. The van der Waals surface area contributed by atoms with Gasteiger partial charge in [-0.25, -0.2) is 0 Å². The Bertz CT molecular complexity index is 8770. The van der Waals surface area contributed by atoms with E-state index in [9.17, 15) is 21.9 Å². The van der Waals surface area contributed by atoms with Crippen LogP contribution in [0, 0.1) is 0 Å². The lowest BCUT2D eigenvalue weighted by molar-refractivity contribution is 0.590. The van der Waals surface area contributed by atoms with Crippen LogP contribution in [-0.4, -0.2) is 25.0 Å². The number of hydrogen-bond acceptors (Lipinski definition) is 3. The molecule has 21 aromatic rings. The van der Waals surface area contributed by atoms with E-state index in [1.54, 1.807) is 4.57 Å². The minimum absolute atomic E-state index is 0.103. The van der Waals surface area contributed by atoms with Crippen LogP contribution in [0.4, 0.5) is 34.1 Å². The zero-order valence-corrected chi connectivity index (χ0v) is 72.1. The molecule has 23 rings (SSSR count). The predicted octanol–water partition coefficient (Wildman–Crippen LogP) is 29.9. The van der Waals surface area contributed by atoms with Gasteiger partial charge in [-0.1, -0.05) is 298 Å². The highest BCUT2D eigenvalue weighted by Crippen LogP contribution is 2.55. The fourth-order valence-corrected chi connectivity index (χ4v) is 19.8. The molecule has 0 bridgehead atoms. The summed E-state index contributed by atoms with van der Waals surface area (Å²) >= 11 is 0. The van der Waals surface area contributed by atoms with Crippen molar-refractivity contribution < 1.29 is 26.3 Å². The molecule has 0 spiro atoms. The number of rotatable bonds is 8. The highest BCUT2D eigenvalue weighted by atomic mass is 16.3. The standard InChI is InChI=1S/C116H99BN6O/c1-112(2,3)72-48-56-98-88(60-72)89-61-73(113(4,5)6)49-57-99(89)119(98)78-53-55-93-105(67-78)123(109-86(70-32-18-16-19-33-70)64-76(116(13,14)15)65-87(109)71-34-20-17-21-35-71)107-69-79(120-96-44-28-24-38-82(96)83-39-25-29-45-97(83)120)68-106-108(107)117(93)92-54-52-77(118-94-42-26-22-36-80(94)81-37-23-27-43-95(81)118)66-104(92)122(106)103-47-31-41-85-84-40-30-46-102(110(84)124-111(85)103)121-100-58-50-74(114(7,8)9)62-90(100)91-63-75(115(10,11)12)51-59-101(91)121/h16-69H,1-15H3/i22D,23D,24D,25D,26D,27D,28D,29D,36D,37D,38D,39D,42D,43D,44D,45D. The highest BCUT2D eigenvalue weighted by molar-refractivity contribution is 7.00. The second-order valence-electron chi connectivity index (χ2n) is 39.0. The van der Waals surface area contributed by atoms with Gasteiger partial charge in [0, 0.05) is 99.1 Å². The molecule has 0 aliphatic carbocycles. The number of anilines is 6. The molecule has 0 amide bonds. The summed E-state index contributed by atoms with van der Waals surface area (Å²) in [6.45, 7) is 32.5. The maximum atomic E-state index is 10.4. The number of para-hydroxylation sites is 6. The zero-order chi connectivity index (χ0) is 98.6. The van der Waals surface area contributed by atoms with Crippen molar-refractivity contribution in [3.05, 3.63) is 355 Å². The third kappa shape index (κ3) is 11.4. The second-order valence-corrected chi connectivity index (χ2v) is 39.0. The summed E-state index contributed by atoms with van der Waals surface area (Å²) in [6.07, 6.45) is 0. The normalized spacial score (nSPS) is 15.2. The van der Waals surface area contributed by atoms with Crippen LogP contribution in [0.3, 0.4) is 0 Å². The SMILES string of the molecule is [2H]c1c([2H])c([2H])c2c(c1[2H])c1c([2H])c([2H])c([2H])c([2H])c1n2-c1ccc2c(c1)N(c1cccc3c1oc1c(-n4c5ccc(C(C)(C)C)cc5c5cc(C(C)(C)C)ccc54)cccc13)c1cc(-n3c4c([2H])c([2H])c([2H])c([2H])c4c4c([2H])c([2H])c([2H])c([2H])c43)cc3c1B2c1ccc(-n2c4ccc(C(C)(C)C)cc4c4cc(C(C)(C)C)ccc42)cc1N3c1c(-c2ccccc2)cc(C(C)(C)C)cc1-c1ccccc1. The van der Waals surface area contributed by atoms with Gasteiger partial charge in [0.05, 0.1) is 88.8 Å². The largest absolute Gasteiger partial charge is 0.452 e. The molecule has 7 nitrogen and oxygen atoms in total. The fourth-order valence-electron chi connectivity index (χ4n) is 19.8. The van der Waals surface area contributed by atoms with Crippen molar-refractivity contribution >= 4 is 166 Å². The maximum Gasteiger partial charge on any atom is 0.252 e. The van der Waals surface area contributed by atoms with Crippen molar-refractivity contribution in [2.75, 3.05) is 9.80 Å². The van der Waals surface area contributed by atoms with E-state index in [0.29, 0.717) is 55.9 Å². The minimum Gasteiger partial charge on any atom is -0.452 e. The zero-order valence-electron chi connectivity index (χ0n) is 88.1. The van der Waals surface area contributed by atoms with Crippen LogP contribution in [0.15, 0.2) is 332 Å². The molecule has 0 atom stereocenters. The number of furan rings is 1. The molecule has 0 fully saturated rings. The first kappa shape index (κ1) is 59.8. The van der Waals surface area contributed by atoms with Crippen LogP contribution in [0.2, 0.25) is 0 Å². The van der Waals surface area contributed by atoms with E-state index in [2.05, 4.69) is 262 Å². The Labute approximate surface area is 747 Å². The predicted molar refractivity (Wildman–Crippen MR) is 529 cm³/mol. The van der Waals surface area contributed by atoms with E-state index < -0.39 is 109 Å². The Morgan fingerprint density at radius 1 is 0.250 bits per heavy atom. The Balaban J connectivity index is 0.933. The number of aromatic nitrogens is 4. The molecule has 0 saturated carbocycles. The summed E-state index contributed by atoms with van der Waals surface area (Å²) in [4.78, 5) is 4.45. The molecule has 8 heteroatoms. The minimum atomic E-state index is -0.861. The van der Waals surface area contributed by atoms with Gasteiger partial charge in [0.1, 0.15) is 0 Å². The molecule has 16 aromatic carbocycles. The van der Waals surface area contributed by atoms with Crippen LogP contribution in [0.5, 0.6) is 0 Å². The first-order chi connectivity index (χ1) is 66.3. The fraction of sp³-hybridized carbons (Fsp3) is 0.172. The Kier molecular flexibility index (Phi) is 12.9. The van der Waals surface area contributed by atoms with Crippen LogP contribution < -0.4 is 26.2 Å². The maximum absolute atomic E-state index is 10.4. The molecule has 0 saturated heterocycles. The van der Waals surface area contributed by atoms with Crippen LogP contribution >= 0.6 is 0 Å². The summed E-state index contributed by atoms with van der Waals surface area (Å²) < 4.78 is 172. The quantitative estimate of drug-likeness (QED) is 0.142. The van der Waals surface area contributed by atoms with Gasteiger partial charge in [0.2, 0.25) is 0 Å². The van der Waals surface area contributed by atoms with E-state index in [1.165, 1.54) is 15.7 Å². The van der Waals surface area contributed by atoms with Gasteiger partial charge >= 0.3 is 0 Å². The number of nitrogens with zero attached hydrogens (tertiary/aromatic N) is 6. The molecule has 5 aromatic heterocycles. The summed E-state index contributed by atoms with van der Waals surface area (Å²) in [5.41, 5.74) is 19.5. The molecule has 2 aliphatic heterocycles. The number of benzene rings is 16. The average Bonchev–Trinajstić information content (AvgIpc) is 1.15. The van der Waals surface area contributed by atoms with Gasteiger partial charge in [-0.15, -0.1) is 0 Å². The number of hydrogen-bond donors (Lipinski definition) is 0. The molecule has 0 N–H and O–H groups in total. The molecule has 0 unspecified atom stereocenters. The third-order valence-electron chi connectivity index (χ3n) is 26.2. The summed E-state index contributed by atoms with van der Waals surface area (Å²) in [7, 11) is 0. The lowest BCUT2D eigenvalue weighted by atomic mass is 9.33. The van der Waals surface area contributed by atoms with Crippen molar-refractivity contribution in [2.45, 2.75) is 131 Å². The topological polar surface area (TPSA) is 39.3 Å². The Morgan fingerprint density at radius 3 is 0.992 bits per heavy atom. The third-order valence-corrected chi connectivity index (χ3v) is 26.2. The molecular formula is C116H99BN6O. The van der Waals surface area contributed by atoms with Gasteiger partial charge in [0.25, 0.3) is 6.71 Å². The van der Waals surface area contributed by atoms with Crippen LogP contribution in [-0.2, 0) is 27.1 Å². The van der Waals surface area contributed by atoms with Gasteiger partial charge in [-0.2, -0.15) is 0 Å². The molecular weight excluding hydrogens is 1500 g/mol. The molecule has 0 radical (unpaired) electrons. The van der Waals surface area contributed by atoms with E-state index >= 15 is 0 Å². The van der Waals surface area contributed by atoms with Crippen LogP contribution in [0.1, 0.15) is 154 Å². The Morgan fingerprint density at radius 2 is 0.589 bits per heavy atom. The van der Waals surface area contributed by atoms with Gasteiger partial charge < -0.3 is 32.5 Å². The molecule has 7 heterocycles. The van der Waals surface area contributed by atoms with E-state index in [4.69, 9.17) is 4.42 Å². The lowest BCUT2D eigenvalue weighted by Gasteiger charge is -2.45. The first-order valence-corrected chi connectivity index (χ1v) is 42.8. The molecule has 602 valence electrons. The summed E-state index contributed by atoms with van der Waals surface area (Å²) in [6, 6.07) is 72.0. The smallest absolute Gasteiger partial charge is 0.252 e. The molecule has 124 heavy (non-hydrogen) atoms. The lowest BCUT2D eigenvalue weighted by Crippen LogP contribution is -2.61. The highest BCUT2D eigenvalue weighted by Gasteiger charge is 2.47. The van der Waals surface area contributed by atoms with Gasteiger partial charge in [-0.3, -0.25) is 0 Å². The van der Waals surface area contributed by atoms with E-state index in [1.807, 2.05) is 91.0 Å². The van der Waals surface area contributed by atoms with Crippen LogP contribution in [0.25, 0.3) is 154 Å². The number of fused-ring (bicyclic) bond motifs is 19. The second kappa shape index (κ2) is 26.8. The van der Waals surface area contributed by atoms with Crippen molar-refractivity contribution in [1.82, 2.24) is 18.3 Å². The molecule has 2 aliphatic rings. The summed E-state index contributed by atoms with van der Waals surface area (Å²) in [5, 5.41) is 5.21. The van der Waals surface area contributed by atoms with Crippen molar-refractivity contribution in [2.24, 2.45) is 0 Å². The van der Waals surface area contributed by atoms with Crippen molar-refractivity contribution in [3.63, 3.8) is 0 Å². The van der Waals surface area contributed by atoms with E-state index in [0.717, 1.165) is 110 Å². The first-order valence-electron chi connectivity index (χ1n) is 50.8. The van der Waals surface area contributed by atoms with E-state index in [-0.39, 0.29) is 76.6 Å². The van der Waals surface area contributed by atoms with Gasteiger partial charge in [-0.05, 0) is 216 Å².